The molecule has 2 bridgehead atoms. The van der Waals surface area contributed by atoms with Gasteiger partial charge in [-0.2, -0.15) is 4.31 Å². The summed E-state index contributed by atoms with van der Waals surface area (Å²) in [6, 6.07) is 9.90. The first-order chi connectivity index (χ1) is 14.3. The lowest BCUT2D eigenvalue weighted by Crippen LogP contribution is -2.49. The molecule has 1 aromatic heterocycles. The molecule has 9 heteroatoms. The third-order valence-electron chi connectivity index (χ3n) is 6.26. The molecule has 2 atom stereocenters. The molecule has 0 saturated carbocycles. The van der Waals surface area contributed by atoms with Gasteiger partial charge in [0.1, 0.15) is 12.4 Å². The van der Waals surface area contributed by atoms with Gasteiger partial charge in [-0.05, 0) is 36.6 Å². The third-order valence-corrected chi connectivity index (χ3v) is 8.09. The molecule has 1 saturated heterocycles. The first kappa shape index (κ1) is 19.3. The van der Waals surface area contributed by atoms with Gasteiger partial charge in [0.2, 0.25) is 15.9 Å². The molecule has 0 radical (unpaired) electrons. The van der Waals surface area contributed by atoms with Crippen LogP contribution in [-0.4, -0.2) is 49.4 Å². The van der Waals surface area contributed by atoms with E-state index in [4.69, 9.17) is 4.74 Å². The number of benzene rings is 1. The maximum Gasteiger partial charge on any atom is 0.250 e. The predicted molar refractivity (Wildman–Crippen MR) is 110 cm³/mol. The highest BCUT2D eigenvalue weighted by Crippen LogP contribution is 2.39. The number of amides is 1. The Morgan fingerprint density at radius 2 is 1.97 bits per heavy atom. The number of hydrogen-bond acceptors (Lipinski definition) is 5. The van der Waals surface area contributed by atoms with Crippen molar-refractivity contribution in [1.29, 1.82) is 0 Å². The minimum atomic E-state index is -3.75. The lowest BCUT2D eigenvalue weighted by atomic mass is 9.84. The van der Waals surface area contributed by atoms with Crippen molar-refractivity contribution in [2.24, 2.45) is 5.92 Å². The van der Waals surface area contributed by atoms with Gasteiger partial charge in [0.15, 0.2) is 0 Å². The second-order valence-corrected chi connectivity index (χ2v) is 10.1. The second-order valence-electron chi connectivity index (χ2n) is 8.17. The van der Waals surface area contributed by atoms with Crippen molar-refractivity contribution in [1.82, 2.24) is 8.87 Å². The van der Waals surface area contributed by atoms with Crippen LogP contribution in [0.5, 0.6) is 5.75 Å². The van der Waals surface area contributed by atoms with Gasteiger partial charge >= 0.3 is 0 Å². The number of ether oxygens (including phenoxy) is 1. The Hall–Kier alpha value is -2.65. The molecule has 0 N–H and O–H groups in total. The van der Waals surface area contributed by atoms with Gasteiger partial charge in [-0.1, -0.05) is 6.07 Å². The van der Waals surface area contributed by atoms with Crippen molar-refractivity contribution in [3.63, 3.8) is 0 Å². The Morgan fingerprint density at radius 3 is 2.77 bits per heavy atom. The number of rotatable bonds is 2. The van der Waals surface area contributed by atoms with Gasteiger partial charge in [0.25, 0.3) is 5.56 Å². The van der Waals surface area contributed by atoms with Crippen LogP contribution in [-0.2, 0) is 21.4 Å². The van der Waals surface area contributed by atoms with Gasteiger partial charge in [0.05, 0.1) is 17.1 Å². The first-order valence-electron chi connectivity index (χ1n) is 10.1. The standard InChI is InChI=1S/C21H23N3O5S/c1-14(25)23-7-8-29-20-6-5-17(10-19(20)23)30(27,28)22-11-15-9-16(13-22)18-3-2-4-21(26)24(18)12-15/h2-6,10,15-16H,7-9,11-13H2,1H3. The first-order valence-corrected chi connectivity index (χ1v) is 11.5. The summed E-state index contributed by atoms with van der Waals surface area (Å²) in [5.74, 6) is 0.458. The second kappa shape index (κ2) is 6.95. The van der Waals surface area contributed by atoms with Gasteiger partial charge in [-0.15, -0.1) is 0 Å². The van der Waals surface area contributed by atoms with Crippen LogP contribution in [0.15, 0.2) is 46.1 Å². The van der Waals surface area contributed by atoms with E-state index in [9.17, 15) is 18.0 Å². The summed E-state index contributed by atoms with van der Waals surface area (Å²) >= 11 is 0. The molecule has 0 aliphatic carbocycles. The van der Waals surface area contributed by atoms with E-state index >= 15 is 0 Å². The van der Waals surface area contributed by atoms with Crippen molar-refractivity contribution in [3.05, 3.63) is 52.4 Å². The highest BCUT2D eigenvalue weighted by atomic mass is 32.2. The van der Waals surface area contributed by atoms with Crippen molar-refractivity contribution in [2.45, 2.75) is 30.7 Å². The molecule has 4 heterocycles. The lowest BCUT2D eigenvalue weighted by Gasteiger charge is -2.42. The molecule has 1 fully saturated rings. The molecule has 8 nitrogen and oxygen atoms in total. The lowest BCUT2D eigenvalue weighted by molar-refractivity contribution is -0.116. The molecule has 158 valence electrons. The molecule has 3 aliphatic rings. The van der Waals surface area contributed by atoms with Gasteiger partial charge in [-0.25, -0.2) is 8.42 Å². The number of nitrogens with zero attached hydrogens (tertiary/aromatic N) is 3. The zero-order chi connectivity index (χ0) is 21.0. The summed E-state index contributed by atoms with van der Waals surface area (Å²) in [7, 11) is -3.75. The summed E-state index contributed by atoms with van der Waals surface area (Å²) in [4.78, 5) is 25.9. The zero-order valence-corrected chi connectivity index (χ0v) is 17.5. The molecular formula is C21H23N3O5S. The molecule has 30 heavy (non-hydrogen) atoms. The van der Waals surface area contributed by atoms with Gasteiger partial charge in [0, 0.05) is 44.2 Å². The number of carbonyl (C=O) groups is 1. The van der Waals surface area contributed by atoms with E-state index in [2.05, 4.69) is 0 Å². The van der Waals surface area contributed by atoms with Gasteiger partial charge < -0.3 is 14.2 Å². The van der Waals surface area contributed by atoms with Crippen LogP contribution < -0.4 is 15.2 Å². The van der Waals surface area contributed by atoms with Crippen LogP contribution in [0.4, 0.5) is 5.69 Å². The van der Waals surface area contributed by atoms with Crippen LogP contribution >= 0.6 is 0 Å². The van der Waals surface area contributed by atoms with Crippen molar-refractivity contribution in [2.75, 3.05) is 31.1 Å². The van der Waals surface area contributed by atoms with Crippen molar-refractivity contribution >= 4 is 21.6 Å². The van der Waals surface area contributed by atoms with Gasteiger partial charge in [-0.3, -0.25) is 9.59 Å². The largest absolute Gasteiger partial charge is 0.490 e. The van der Waals surface area contributed by atoms with E-state index in [1.54, 1.807) is 33.7 Å². The Bertz CT molecular complexity index is 1190. The summed E-state index contributed by atoms with van der Waals surface area (Å²) < 4.78 is 35.8. The Labute approximate surface area is 174 Å². The molecule has 3 aliphatic heterocycles. The fourth-order valence-corrected chi connectivity index (χ4v) is 6.46. The average Bonchev–Trinajstić information content (AvgIpc) is 2.73. The van der Waals surface area contributed by atoms with E-state index in [-0.39, 0.29) is 28.2 Å². The van der Waals surface area contributed by atoms with E-state index in [0.717, 1.165) is 12.1 Å². The number of sulfonamides is 1. The average molecular weight is 429 g/mol. The normalized spacial score (nSPS) is 23.3. The summed E-state index contributed by atoms with van der Waals surface area (Å²) in [6.07, 6.45) is 0.881. The molecule has 2 unspecified atom stereocenters. The predicted octanol–water partition coefficient (Wildman–Crippen LogP) is 1.40. The van der Waals surface area contributed by atoms with E-state index < -0.39 is 10.0 Å². The Morgan fingerprint density at radius 1 is 1.13 bits per heavy atom. The monoisotopic (exact) mass is 429 g/mol. The molecule has 2 aromatic rings. The number of anilines is 1. The topological polar surface area (TPSA) is 88.9 Å². The zero-order valence-electron chi connectivity index (χ0n) is 16.7. The van der Waals surface area contributed by atoms with E-state index in [0.29, 0.717) is 44.2 Å². The molecule has 1 aromatic carbocycles. The highest BCUT2D eigenvalue weighted by Gasteiger charge is 2.40. The van der Waals surface area contributed by atoms with Crippen LogP contribution in [0.1, 0.15) is 25.0 Å². The Balaban J connectivity index is 1.49. The fourth-order valence-electron chi connectivity index (χ4n) is 4.88. The highest BCUT2D eigenvalue weighted by molar-refractivity contribution is 7.89. The number of aromatic nitrogens is 1. The van der Waals surface area contributed by atoms with Crippen LogP contribution in [0.3, 0.4) is 0 Å². The minimum Gasteiger partial charge on any atom is -0.490 e. The summed E-state index contributed by atoms with van der Waals surface area (Å²) in [5, 5.41) is 0. The van der Waals surface area contributed by atoms with Crippen LogP contribution in [0.2, 0.25) is 0 Å². The minimum absolute atomic E-state index is 0.00384. The van der Waals surface area contributed by atoms with E-state index in [1.807, 2.05) is 6.07 Å². The van der Waals surface area contributed by atoms with Crippen LogP contribution in [0.25, 0.3) is 0 Å². The van der Waals surface area contributed by atoms with Crippen molar-refractivity contribution < 1.29 is 17.9 Å². The van der Waals surface area contributed by atoms with E-state index in [1.165, 1.54) is 17.3 Å². The number of piperidine rings is 1. The van der Waals surface area contributed by atoms with Crippen LogP contribution in [0, 0.1) is 5.92 Å². The van der Waals surface area contributed by atoms with Crippen molar-refractivity contribution in [3.8, 4) is 5.75 Å². The fraction of sp³-hybridized carbons (Fsp3) is 0.429. The molecule has 5 rings (SSSR count). The smallest absolute Gasteiger partial charge is 0.250 e. The quantitative estimate of drug-likeness (QED) is 0.720. The SMILES string of the molecule is CC(=O)N1CCOc2ccc(S(=O)(=O)N3CC4CC(C3)c3cccc(=O)n3C4)cc21. The summed E-state index contributed by atoms with van der Waals surface area (Å²) in [5.41, 5.74) is 1.36. The third kappa shape index (κ3) is 3.04. The molecule has 1 amide bonds. The molecule has 0 spiro atoms. The number of carbonyl (C=O) groups excluding carboxylic acids is 1. The number of fused-ring (bicyclic) bond motifs is 5. The molecular weight excluding hydrogens is 406 g/mol. The number of hydrogen-bond donors (Lipinski definition) is 0. The summed E-state index contributed by atoms with van der Waals surface area (Å²) in [6.45, 7) is 3.49. The number of pyridine rings is 1. The maximum atomic E-state index is 13.5. The maximum absolute atomic E-state index is 13.5. The Kier molecular flexibility index (Phi) is 4.48.